The number of rotatable bonds is 3. The molecule has 1 fully saturated rings. The van der Waals surface area contributed by atoms with E-state index in [9.17, 15) is 4.79 Å². The second-order valence-electron chi connectivity index (χ2n) is 4.32. The van der Waals surface area contributed by atoms with Crippen molar-refractivity contribution in [3.63, 3.8) is 0 Å². The van der Waals surface area contributed by atoms with Crippen LogP contribution < -0.4 is 5.56 Å². The van der Waals surface area contributed by atoms with E-state index in [2.05, 4.69) is 18.9 Å². The predicted octanol–water partition coefficient (Wildman–Crippen LogP) is 2.02. The van der Waals surface area contributed by atoms with Gasteiger partial charge in [-0.25, -0.2) is 4.68 Å². The Morgan fingerprint density at radius 1 is 1.57 bits per heavy atom. The number of aryl methyl sites for hydroxylation is 1. The molecule has 0 saturated heterocycles. The molecule has 0 aromatic carbocycles. The van der Waals surface area contributed by atoms with Gasteiger partial charge in [-0.3, -0.25) is 9.89 Å². The number of aromatic nitrogens is 2. The van der Waals surface area contributed by atoms with Gasteiger partial charge in [0, 0.05) is 11.3 Å². The lowest BCUT2D eigenvalue weighted by molar-refractivity contribution is 0.426. The van der Waals surface area contributed by atoms with E-state index in [1.165, 1.54) is 12.8 Å². The summed E-state index contributed by atoms with van der Waals surface area (Å²) in [7, 11) is 0. The van der Waals surface area contributed by atoms with Gasteiger partial charge >= 0.3 is 0 Å². The van der Waals surface area contributed by atoms with Crippen LogP contribution in [0.5, 0.6) is 0 Å². The van der Waals surface area contributed by atoms with Crippen LogP contribution in [0, 0.1) is 12.8 Å². The van der Waals surface area contributed by atoms with Crippen molar-refractivity contribution in [1.29, 1.82) is 0 Å². The minimum absolute atomic E-state index is 0.168. The van der Waals surface area contributed by atoms with Gasteiger partial charge in [-0.05, 0) is 39.0 Å². The van der Waals surface area contributed by atoms with Gasteiger partial charge in [-0.1, -0.05) is 6.92 Å². The number of H-pyrrole nitrogens is 1. The molecule has 0 bridgehead atoms. The van der Waals surface area contributed by atoms with E-state index in [1.54, 1.807) is 0 Å². The van der Waals surface area contributed by atoms with Crippen LogP contribution in [0.1, 0.15) is 44.0 Å². The minimum Gasteiger partial charge on any atom is -0.299 e. The molecule has 1 atom stereocenters. The Morgan fingerprint density at radius 3 is 2.64 bits per heavy atom. The first-order valence-corrected chi connectivity index (χ1v) is 5.45. The van der Waals surface area contributed by atoms with E-state index >= 15 is 0 Å². The monoisotopic (exact) mass is 194 g/mol. The third kappa shape index (κ3) is 1.41. The quantitative estimate of drug-likeness (QED) is 0.785. The molecule has 1 aliphatic carbocycles. The Hall–Kier alpha value is -0.990. The van der Waals surface area contributed by atoms with Crippen molar-refractivity contribution in [3.05, 3.63) is 21.6 Å². The van der Waals surface area contributed by atoms with Gasteiger partial charge < -0.3 is 0 Å². The van der Waals surface area contributed by atoms with E-state index in [0.29, 0.717) is 6.04 Å². The SMILES string of the molecule is CCc1[nH]n(C(C)C2CC2)c(=O)c1C. The molecule has 2 rings (SSSR count). The van der Waals surface area contributed by atoms with Crippen molar-refractivity contribution in [3.8, 4) is 0 Å². The van der Waals surface area contributed by atoms with Crippen molar-refractivity contribution in [2.45, 2.75) is 46.1 Å². The predicted molar refractivity (Wildman–Crippen MR) is 56.6 cm³/mol. The van der Waals surface area contributed by atoms with Crippen LogP contribution in [-0.2, 0) is 6.42 Å². The lowest BCUT2D eigenvalue weighted by atomic mass is 10.2. The zero-order valence-corrected chi connectivity index (χ0v) is 9.13. The third-order valence-corrected chi connectivity index (χ3v) is 3.31. The van der Waals surface area contributed by atoms with Crippen LogP contribution in [0.2, 0.25) is 0 Å². The molecule has 3 heteroatoms. The molecule has 1 saturated carbocycles. The Morgan fingerprint density at radius 2 is 2.21 bits per heavy atom. The highest BCUT2D eigenvalue weighted by Gasteiger charge is 2.30. The molecule has 0 aliphatic heterocycles. The standard InChI is InChI=1S/C11H18N2O/c1-4-10-7(2)11(14)13(12-10)8(3)9-5-6-9/h8-9,12H,4-6H2,1-3H3. The van der Waals surface area contributed by atoms with Crippen LogP contribution in [0.4, 0.5) is 0 Å². The molecule has 1 aliphatic rings. The van der Waals surface area contributed by atoms with Gasteiger partial charge in [0.05, 0.1) is 6.04 Å². The average Bonchev–Trinajstić information content (AvgIpc) is 2.97. The van der Waals surface area contributed by atoms with Gasteiger partial charge in [-0.2, -0.15) is 0 Å². The zero-order chi connectivity index (χ0) is 10.3. The van der Waals surface area contributed by atoms with Gasteiger partial charge in [-0.15, -0.1) is 0 Å². The summed E-state index contributed by atoms with van der Waals surface area (Å²) < 4.78 is 1.81. The summed E-state index contributed by atoms with van der Waals surface area (Å²) in [4.78, 5) is 11.9. The second-order valence-corrected chi connectivity index (χ2v) is 4.32. The van der Waals surface area contributed by atoms with Crippen molar-refractivity contribution < 1.29 is 0 Å². The molecule has 78 valence electrons. The highest BCUT2D eigenvalue weighted by atomic mass is 16.1. The molecule has 1 aromatic heterocycles. The first-order valence-electron chi connectivity index (χ1n) is 5.45. The maximum Gasteiger partial charge on any atom is 0.269 e. The van der Waals surface area contributed by atoms with E-state index in [1.807, 2.05) is 11.6 Å². The van der Waals surface area contributed by atoms with Crippen molar-refractivity contribution in [2.75, 3.05) is 0 Å². The van der Waals surface area contributed by atoms with Gasteiger partial charge in [0.15, 0.2) is 0 Å². The van der Waals surface area contributed by atoms with Gasteiger partial charge in [0.2, 0.25) is 0 Å². The van der Waals surface area contributed by atoms with E-state index in [0.717, 1.165) is 23.6 Å². The number of nitrogens with zero attached hydrogens (tertiary/aromatic N) is 1. The molecule has 1 N–H and O–H groups in total. The molecule has 14 heavy (non-hydrogen) atoms. The first kappa shape index (κ1) is 9.56. The van der Waals surface area contributed by atoms with Crippen LogP contribution in [0.3, 0.4) is 0 Å². The van der Waals surface area contributed by atoms with Crippen molar-refractivity contribution in [2.24, 2.45) is 5.92 Å². The maximum atomic E-state index is 11.9. The number of hydrogen-bond donors (Lipinski definition) is 1. The molecular formula is C11H18N2O. The van der Waals surface area contributed by atoms with Gasteiger partial charge in [0.1, 0.15) is 0 Å². The third-order valence-electron chi connectivity index (χ3n) is 3.31. The molecule has 3 nitrogen and oxygen atoms in total. The Balaban J connectivity index is 2.37. The van der Waals surface area contributed by atoms with E-state index in [4.69, 9.17) is 0 Å². The van der Waals surface area contributed by atoms with E-state index in [-0.39, 0.29) is 5.56 Å². The number of aromatic amines is 1. The van der Waals surface area contributed by atoms with Gasteiger partial charge in [0.25, 0.3) is 5.56 Å². The summed E-state index contributed by atoms with van der Waals surface area (Å²) in [5, 5.41) is 3.22. The summed E-state index contributed by atoms with van der Waals surface area (Å²) >= 11 is 0. The number of hydrogen-bond acceptors (Lipinski definition) is 1. The normalized spacial score (nSPS) is 18.5. The topological polar surface area (TPSA) is 37.8 Å². The largest absolute Gasteiger partial charge is 0.299 e. The summed E-state index contributed by atoms with van der Waals surface area (Å²) in [5.74, 6) is 0.718. The van der Waals surface area contributed by atoms with E-state index < -0.39 is 0 Å². The summed E-state index contributed by atoms with van der Waals surface area (Å²) in [6.07, 6.45) is 3.45. The molecule has 1 unspecified atom stereocenters. The summed E-state index contributed by atoms with van der Waals surface area (Å²) in [6.45, 7) is 6.12. The minimum atomic E-state index is 0.168. The van der Waals surface area contributed by atoms with Crippen LogP contribution in [-0.4, -0.2) is 9.78 Å². The van der Waals surface area contributed by atoms with Crippen molar-refractivity contribution in [1.82, 2.24) is 9.78 Å². The Labute approximate surface area is 84.1 Å². The molecule has 0 spiro atoms. The Bertz CT molecular complexity index is 384. The van der Waals surface area contributed by atoms with Crippen LogP contribution in [0.25, 0.3) is 0 Å². The maximum absolute atomic E-state index is 11.9. The second kappa shape index (κ2) is 3.30. The smallest absolute Gasteiger partial charge is 0.269 e. The lowest BCUT2D eigenvalue weighted by Crippen LogP contribution is -2.22. The fourth-order valence-corrected chi connectivity index (χ4v) is 2.01. The highest BCUT2D eigenvalue weighted by molar-refractivity contribution is 5.15. The highest BCUT2D eigenvalue weighted by Crippen LogP contribution is 2.38. The fourth-order valence-electron chi connectivity index (χ4n) is 2.01. The summed E-state index contributed by atoms with van der Waals surface area (Å²) in [5.41, 5.74) is 2.14. The lowest BCUT2D eigenvalue weighted by Gasteiger charge is -2.10. The first-order chi connectivity index (χ1) is 6.65. The number of nitrogens with one attached hydrogen (secondary N) is 1. The molecule has 1 aromatic rings. The molecule has 0 amide bonds. The molecule has 0 radical (unpaired) electrons. The molecule has 1 heterocycles. The van der Waals surface area contributed by atoms with Crippen LogP contribution in [0.15, 0.2) is 4.79 Å². The zero-order valence-electron chi connectivity index (χ0n) is 9.13. The van der Waals surface area contributed by atoms with Crippen molar-refractivity contribution >= 4 is 0 Å². The average molecular weight is 194 g/mol. The molecular weight excluding hydrogens is 176 g/mol. The Kier molecular flexibility index (Phi) is 2.25. The van der Waals surface area contributed by atoms with Crippen LogP contribution >= 0.6 is 0 Å². The summed E-state index contributed by atoms with van der Waals surface area (Å²) in [6, 6.07) is 0.349. The fraction of sp³-hybridized carbons (Fsp3) is 0.727.